The summed E-state index contributed by atoms with van der Waals surface area (Å²) in [5.41, 5.74) is 9.21. The normalized spacial score (nSPS) is 12.4. The summed E-state index contributed by atoms with van der Waals surface area (Å²) in [4.78, 5) is 0. The van der Waals surface area contributed by atoms with Gasteiger partial charge in [-0.2, -0.15) is 0 Å². The zero-order valence-corrected chi connectivity index (χ0v) is 12.6. The predicted octanol–water partition coefficient (Wildman–Crippen LogP) is 2.97. The highest BCUT2D eigenvalue weighted by Crippen LogP contribution is 2.42. The first-order chi connectivity index (χ1) is 7.93. The van der Waals surface area contributed by atoms with Crippen molar-refractivity contribution in [2.45, 2.75) is 33.2 Å². The fourth-order valence-electron chi connectivity index (χ4n) is 2.02. The number of ether oxygens (including phenoxy) is 2. The van der Waals surface area contributed by atoms with Crippen molar-refractivity contribution in [2.75, 3.05) is 14.2 Å². The third-order valence-electron chi connectivity index (χ3n) is 2.87. The lowest BCUT2D eigenvalue weighted by atomic mass is 9.98. The van der Waals surface area contributed by atoms with Crippen LogP contribution in [0.4, 0.5) is 0 Å². The fraction of sp³-hybridized carbons (Fsp3) is 0.538. The van der Waals surface area contributed by atoms with Gasteiger partial charge in [0.2, 0.25) is 0 Å². The Morgan fingerprint density at radius 3 is 2.06 bits per heavy atom. The Kier molecular flexibility index (Phi) is 4.83. The van der Waals surface area contributed by atoms with Gasteiger partial charge >= 0.3 is 0 Å². The predicted molar refractivity (Wildman–Crippen MR) is 74.1 cm³/mol. The Morgan fingerprint density at radius 1 is 1.12 bits per heavy atom. The summed E-state index contributed by atoms with van der Waals surface area (Å²) < 4.78 is 12.0. The third-order valence-corrected chi connectivity index (χ3v) is 4.06. The van der Waals surface area contributed by atoms with Crippen molar-refractivity contribution >= 4 is 15.9 Å². The fourth-order valence-corrected chi connectivity index (χ4v) is 2.44. The Balaban J connectivity index is 3.50. The number of methoxy groups -OCH3 is 2. The lowest BCUT2D eigenvalue weighted by Crippen LogP contribution is -2.19. The second kappa shape index (κ2) is 5.74. The van der Waals surface area contributed by atoms with Crippen molar-refractivity contribution in [3.63, 3.8) is 0 Å². The Labute approximate surface area is 111 Å². The van der Waals surface area contributed by atoms with Gasteiger partial charge in [0.25, 0.3) is 0 Å². The van der Waals surface area contributed by atoms with Crippen molar-refractivity contribution in [2.24, 2.45) is 5.73 Å². The number of nitrogens with two attached hydrogens (primary N) is 1. The molecule has 17 heavy (non-hydrogen) atoms. The van der Waals surface area contributed by atoms with Crippen LogP contribution in [0.3, 0.4) is 0 Å². The van der Waals surface area contributed by atoms with Crippen LogP contribution >= 0.6 is 15.9 Å². The molecule has 96 valence electrons. The minimum absolute atomic E-state index is 0.0851. The molecule has 4 heteroatoms. The molecule has 0 aliphatic rings. The van der Waals surface area contributed by atoms with Crippen LogP contribution in [0.25, 0.3) is 0 Å². The third kappa shape index (κ3) is 2.75. The maximum atomic E-state index is 5.88. The lowest BCUT2D eigenvalue weighted by Gasteiger charge is -2.20. The van der Waals surface area contributed by atoms with Gasteiger partial charge in [0.1, 0.15) is 0 Å². The summed E-state index contributed by atoms with van der Waals surface area (Å²) >= 11 is 3.60. The van der Waals surface area contributed by atoms with Gasteiger partial charge in [-0.15, -0.1) is 0 Å². The zero-order chi connectivity index (χ0) is 13.2. The largest absolute Gasteiger partial charge is 0.493 e. The van der Waals surface area contributed by atoms with Gasteiger partial charge < -0.3 is 15.2 Å². The minimum atomic E-state index is 0.0851. The quantitative estimate of drug-likeness (QED) is 0.930. The summed E-state index contributed by atoms with van der Waals surface area (Å²) in [6, 6.07) is 0.0851. The first-order valence-corrected chi connectivity index (χ1v) is 6.38. The van der Waals surface area contributed by atoms with E-state index in [0.29, 0.717) is 0 Å². The molecule has 0 saturated carbocycles. The van der Waals surface area contributed by atoms with Gasteiger partial charge in [0, 0.05) is 21.6 Å². The number of rotatable bonds is 4. The highest BCUT2D eigenvalue weighted by atomic mass is 79.9. The highest BCUT2D eigenvalue weighted by Gasteiger charge is 2.20. The molecule has 1 atom stereocenters. The lowest BCUT2D eigenvalue weighted by molar-refractivity contribution is 0.348. The summed E-state index contributed by atoms with van der Waals surface area (Å²) in [6.07, 6.45) is 0.768. The molecule has 0 aliphatic heterocycles. The molecule has 1 aromatic carbocycles. The van der Waals surface area contributed by atoms with Gasteiger partial charge in [-0.3, -0.25) is 0 Å². The van der Waals surface area contributed by atoms with Gasteiger partial charge in [-0.25, -0.2) is 0 Å². The van der Waals surface area contributed by atoms with Crippen LogP contribution in [0, 0.1) is 13.8 Å². The highest BCUT2D eigenvalue weighted by molar-refractivity contribution is 9.10. The average molecular weight is 302 g/mol. The maximum absolute atomic E-state index is 5.88. The van der Waals surface area contributed by atoms with E-state index in [4.69, 9.17) is 15.2 Å². The first-order valence-electron chi connectivity index (χ1n) is 5.59. The van der Waals surface area contributed by atoms with E-state index >= 15 is 0 Å². The van der Waals surface area contributed by atoms with E-state index in [1.54, 1.807) is 14.2 Å². The molecule has 0 aliphatic carbocycles. The molecular formula is C13H20BrNO2. The SMILES string of the molecule is COc1c(C)c(Br)c(C)c(CC(C)N)c1OC. The van der Waals surface area contributed by atoms with Crippen molar-refractivity contribution in [3.8, 4) is 11.5 Å². The van der Waals surface area contributed by atoms with E-state index in [2.05, 4.69) is 22.9 Å². The molecule has 0 spiro atoms. The number of halogens is 1. The van der Waals surface area contributed by atoms with Crippen LogP contribution in [-0.4, -0.2) is 20.3 Å². The summed E-state index contributed by atoms with van der Waals surface area (Å²) in [6.45, 7) is 6.06. The molecule has 1 unspecified atom stereocenters. The standard InChI is InChI=1S/C13H20BrNO2/c1-7(15)6-10-8(2)11(14)9(3)12(16-4)13(10)17-5/h7H,6,15H2,1-5H3. The van der Waals surface area contributed by atoms with Gasteiger partial charge in [0.05, 0.1) is 14.2 Å². The number of benzene rings is 1. The molecule has 1 aromatic rings. The zero-order valence-electron chi connectivity index (χ0n) is 11.1. The van der Waals surface area contributed by atoms with Gasteiger partial charge in [0.15, 0.2) is 11.5 Å². The molecule has 0 fully saturated rings. The molecule has 0 saturated heterocycles. The first kappa shape index (κ1) is 14.3. The van der Waals surface area contributed by atoms with Gasteiger partial charge in [-0.05, 0) is 32.8 Å². The molecule has 0 heterocycles. The van der Waals surface area contributed by atoms with Crippen LogP contribution in [-0.2, 0) is 6.42 Å². The Hall–Kier alpha value is -0.740. The maximum Gasteiger partial charge on any atom is 0.165 e. The smallest absolute Gasteiger partial charge is 0.165 e. The minimum Gasteiger partial charge on any atom is -0.493 e. The van der Waals surface area contributed by atoms with Crippen molar-refractivity contribution in [1.82, 2.24) is 0 Å². The molecule has 0 bridgehead atoms. The van der Waals surface area contributed by atoms with Crippen LogP contribution < -0.4 is 15.2 Å². The second-order valence-electron chi connectivity index (χ2n) is 4.29. The summed E-state index contributed by atoms with van der Waals surface area (Å²) in [5.74, 6) is 1.57. The Morgan fingerprint density at radius 2 is 1.65 bits per heavy atom. The van der Waals surface area contributed by atoms with E-state index in [1.165, 1.54) is 0 Å². The average Bonchev–Trinajstić information content (AvgIpc) is 2.29. The van der Waals surface area contributed by atoms with Gasteiger partial charge in [-0.1, -0.05) is 15.9 Å². The monoisotopic (exact) mass is 301 g/mol. The topological polar surface area (TPSA) is 44.5 Å². The van der Waals surface area contributed by atoms with E-state index in [9.17, 15) is 0 Å². The van der Waals surface area contributed by atoms with Crippen molar-refractivity contribution < 1.29 is 9.47 Å². The van der Waals surface area contributed by atoms with Crippen molar-refractivity contribution in [3.05, 3.63) is 21.2 Å². The molecular weight excluding hydrogens is 282 g/mol. The van der Waals surface area contributed by atoms with Crippen LogP contribution in [0.15, 0.2) is 4.47 Å². The van der Waals surface area contributed by atoms with Crippen molar-refractivity contribution in [1.29, 1.82) is 0 Å². The number of hydrogen-bond donors (Lipinski definition) is 1. The van der Waals surface area contributed by atoms with Crippen LogP contribution in [0.1, 0.15) is 23.6 Å². The molecule has 0 radical (unpaired) electrons. The molecule has 0 amide bonds. The second-order valence-corrected chi connectivity index (χ2v) is 5.08. The van der Waals surface area contributed by atoms with E-state index < -0.39 is 0 Å². The molecule has 1 rings (SSSR count). The van der Waals surface area contributed by atoms with E-state index in [1.807, 2.05) is 13.8 Å². The van der Waals surface area contributed by atoms with Crippen LogP contribution in [0.5, 0.6) is 11.5 Å². The molecule has 2 N–H and O–H groups in total. The Bertz CT molecular complexity index is 417. The van der Waals surface area contributed by atoms with E-state index in [0.717, 1.165) is 39.1 Å². The summed E-state index contributed by atoms with van der Waals surface area (Å²) in [7, 11) is 3.32. The molecule has 0 aromatic heterocycles. The molecule has 3 nitrogen and oxygen atoms in total. The van der Waals surface area contributed by atoms with Crippen LogP contribution in [0.2, 0.25) is 0 Å². The number of hydrogen-bond acceptors (Lipinski definition) is 3. The summed E-state index contributed by atoms with van der Waals surface area (Å²) in [5, 5.41) is 0. The van der Waals surface area contributed by atoms with E-state index in [-0.39, 0.29) is 6.04 Å².